The van der Waals surface area contributed by atoms with Crippen LogP contribution in [0.2, 0.25) is 0 Å². The summed E-state index contributed by atoms with van der Waals surface area (Å²) in [7, 11) is 1.66. The van der Waals surface area contributed by atoms with Crippen LogP contribution in [0.4, 0.5) is 0 Å². The Bertz CT molecular complexity index is 1070. The number of rotatable bonds is 3. The Labute approximate surface area is 152 Å². The number of aromatic amines is 1. The molecule has 0 aliphatic heterocycles. The molecule has 0 aromatic carbocycles. The van der Waals surface area contributed by atoms with E-state index in [-0.39, 0.29) is 0 Å². The quantitative estimate of drug-likeness (QED) is 0.562. The summed E-state index contributed by atoms with van der Waals surface area (Å²) in [6, 6.07) is 10.8. The monoisotopic (exact) mass is 346 g/mol. The molecule has 0 bridgehead atoms. The summed E-state index contributed by atoms with van der Waals surface area (Å²) < 4.78 is 7.86. The van der Waals surface area contributed by atoms with Gasteiger partial charge in [-0.2, -0.15) is 0 Å². The number of ether oxygens (including phenoxy) is 1. The zero-order chi connectivity index (χ0) is 17.5. The maximum Gasteiger partial charge on any atom is 0.213 e. The highest BCUT2D eigenvalue weighted by atomic mass is 16.5. The molecule has 26 heavy (non-hydrogen) atoms. The highest BCUT2D eigenvalue weighted by Crippen LogP contribution is 2.39. The second kappa shape index (κ2) is 6.16. The van der Waals surface area contributed by atoms with Crippen molar-refractivity contribution < 1.29 is 4.74 Å². The lowest BCUT2D eigenvalue weighted by atomic mass is 9.95. The average Bonchev–Trinajstić information content (AvgIpc) is 3.32. The van der Waals surface area contributed by atoms with Gasteiger partial charge in [0.1, 0.15) is 5.65 Å². The van der Waals surface area contributed by atoms with Gasteiger partial charge in [-0.25, -0.2) is 9.97 Å². The predicted molar refractivity (Wildman–Crippen MR) is 103 cm³/mol. The van der Waals surface area contributed by atoms with Crippen molar-refractivity contribution in [2.45, 2.75) is 38.1 Å². The van der Waals surface area contributed by atoms with Gasteiger partial charge < -0.3 is 14.3 Å². The van der Waals surface area contributed by atoms with E-state index in [9.17, 15) is 0 Å². The first-order chi connectivity index (χ1) is 12.8. The van der Waals surface area contributed by atoms with E-state index >= 15 is 0 Å². The summed E-state index contributed by atoms with van der Waals surface area (Å²) in [4.78, 5) is 12.5. The van der Waals surface area contributed by atoms with Crippen molar-refractivity contribution in [3.8, 4) is 17.3 Å². The summed E-state index contributed by atoms with van der Waals surface area (Å²) in [5.74, 6) is 0.646. The Hall–Kier alpha value is -2.82. The lowest BCUT2D eigenvalue weighted by Crippen LogP contribution is -2.14. The smallest absolute Gasteiger partial charge is 0.213 e. The van der Waals surface area contributed by atoms with Crippen LogP contribution in [-0.4, -0.2) is 26.6 Å². The number of fused-ring (bicyclic) bond motifs is 3. The molecule has 0 unspecified atom stereocenters. The van der Waals surface area contributed by atoms with E-state index in [1.54, 1.807) is 7.11 Å². The van der Waals surface area contributed by atoms with Crippen LogP contribution in [0.25, 0.3) is 33.3 Å². The van der Waals surface area contributed by atoms with Crippen LogP contribution in [0.1, 0.15) is 38.1 Å². The second-order valence-electron chi connectivity index (χ2n) is 7.06. The summed E-state index contributed by atoms with van der Waals surface area (Å²) in [6.07, 6.45) is 10.3. The van der Waals surface area contributed by atoms with E-state index in [1.165, 1.54) is 48.4 Å². The van der Waals surface area contributed by atoms with Crippen LogP contribution in [-0.2, 0) is 0 Å². The van der Waals surface area contributed by atoms with Gasteiger partial charge >= 0.3 is 0 Å². The zero-order valence-electron chi connectivity index (χ0n) is 14.9. The number of aromatic nitrogens is 4. The Morgan fingerprint density at radius 3 is 2.88 bits per heavy atom. The Kier molecular flexibility index (Phi) is 3.66. The third-order valence-electron chi connectivity index (χ3n) is 5.51. The van der Waals surface area contributed by atoms with Crippen molar-refractivity contribution in [1.29, 1.82) is 0 Å². The Balaban J connectivity index is 1.81. The van der Waals surface area contributed by atoms with Gasteiger partial charge in [-0.15, -0.1) is 0 Å². The molecule has 0 saturated heterocycles. The molecule has 4 aromatic heterocycles. The fourth-order valence-electron chi connectivity index (χ4n) is 4.31. The van der Waals surface area contributed by atoms with E-state index < -0.39 is 0 Å². The summed E-state index contributed by atoms with van der Waals surface area (Å²) in [5.41, 5.74) is 4.32. The minimum atomic E-state index is 0.504. The number of hydrogen-bond acceptors (Lipinski definition) is 3. The molecule has 5 rings (SSSR count). The number of H-pyrrole nitrogens is 1. The number of nitrogens with zero attached hydrogens (tertiary/aromatic N) is 3. The maximum atomic E-state index is 5.36. The molecule has 1 saturated carbocycles. The number of hydrogen-bond donors (Lipinski definition) is 1. The number of methoxy groups -OCH3 is 1. The van der Waals surface area contributed by atoms with Crippen LogP contribution < -0.4 is 4.74 Å². The third kappa shape index (κ3) is 2.38. The van der Waals surface area contributed by atoms with E-state index in [0.29, 0.717) is 11.9 Å². The fraction of sp³-hybridized carbons (Fsp3) is 0.333. The van der Waals surface area contributed by atoms with Gasteiger partial charge in [0.2, 0.25) is 5.88 Å². The van der Waals surface area contributed by atoms with E-state index in [0.717, 1.165) is 17.0 Å². The second-order valence-corrected chi connectivity index (χ2v) is 7.06. The highest BCUT2D eigenvalue weighted by molar-refractivity contribution is 6.04. The lowest BCUT2D eigenvalue weighted by molar-refractivity contribution is 0.363. The molecule has 4 heterocycles. The van der Waals surface area contributed by atoms with Crippen LogP contribution in [0, 0.1) is 0 Å². The van der Waals surface area contributed by atoms with Gasteiger partial charge in [-0.1, -0.05) is 25.3 Å². The summed E-state index contributed by atoms with van der Waals surface area (Å²) in [5, 5.41) is 2.35. The molecule has 1 fully saturated rings. The molecular formula is C21H22N4O. The van der Waals surface area contributed by atoms with E-state index in [2.05, 4.69) is 32.7 Å². The van der Waals surface area contributed by atoms with Gasteiger partial charge in [0, 0.05) is 35.3 Å². The molecule has 5 heteroatoms. The molecule has 0 atom stereocenters. The Morgan fingerprint density at radius 1 is 1.15 bits per heavy atom. The van der Waals surface area contributed by atoms with E-state index in [4.69, 9.17) is 9.72 Å². The Morgan fingerprint density at radius 2 is 2.04 bits per heavy atom. The minimum Gasteiger partial charge on any atom is -0.481 e. The van der Waals surface area contributed by atoms with Crippen LogP contribution in [0.5, 0.6) is 5.88 Å². The molecule has 5 nitrogen and oxygen atoms in total. The molecule has 0 spiro atoms. The SMILES string of the molecule is COc1cccc(-c2cc3cnc4[nH]ccc4c3n2C2CCCCC2)n1. The third-order valence-corrected chi connectivity index (χ3v) is 5.51. The predicted octanol–water partition coefficient (Wildman–Crippen LogP) is 5.09. The maximum absolute atomic E-state index is 5.36. The van der Waals surface area contributed by atoms with Crippen molar-refractivity contribution in [1.82, 2.24) is 19.5 Å². The van der Waals surface area contributed by atoms with Gasteiger partial charge in [-0.3, -0.25) is 0 Å². The van der Waals surface area contributed by atoms with Crippen LogP contribution in [0.15, 0.2) is 42.7 Å². The van der Waals surface area contributed by atoms with Crippen molar-refractivity contribution in [3.05, 3.63) is 42.7 Å². The van der Waals surface area contributed by atoms with E-state index in [1.807, 2.05) is 24.5 Å². The van der Waals surface area contributed by atoms with Crippen molar-refractivity contribution in [2.75, 3.05) is 7.11 Å². The normalized spacial score (nSPS) is 15.7. The molecule has 1 aliphatic rings. The van der Waals surface area contributed by atoms with Gasteiger partial charge in [0.15, 0.2) is 0 Å². The molecule has 132 valence electrons. The number of nitrogens with one attached hydrogen (secondary N) is 1. The van der Waals surface area contributed by atoms with Gasteiger partial charge in [-0.05, 0) is 31.0 Å². The zero-order valence-corrected chi connectivity index (χ0v) is 14.9. The topological polar surface area (TPSA) is 55.7 Å². The average molecular weight is 346 g/mol. The minimum absolute atomic E-state index is 0.504. The first kappa shape index (κ1) is 15.4. The lowest BCUT2D eigenvalue weighted by Gasteiger charge is -2.26. The van der Waals surface area contributed by atoms with Crippen molar-refractivity contribution in [3.63, 3.8) is 0 Å². The largest absolute Gasteiger partial charge is 0.481 e. The highest BCUT2D eigenvalue weighted by Gasteiger charge is 2.23. The molecule has 1 N–H and O–H groups in total. The fourth-order valence-corrected chi connectivity index (χ4v) is 4.31. The molecule has 4 aromatic rings. The first-order valence-corrected chi connectivity index (χ1v) is 9.33. The molecule has 0 amide bonds. The molecule has 1 aliphatic carbocycles. The first-order valence-electron chi connectivity index (χ1n) is 9.33. The van der Waals surface area contributed by atoms with Gasteiger partial charge in [0.05, 0.1) is 24.0 Å². The summed E-state index contributed by atoms with van der Waals surface area (Å²) >= 11 is 0. The molecular weight excluding hydrogens is 324 g/mol. The summed E-state index contributed by atoms with van der Waals surface area (Å²) in [6.45, 7) is 0. The number of pyridine rings is 2. The molecule has 0 radical (unpaired) electrons. The van der Waals surface area contributed by atoms with Crippen LogP contribution in [0.3, 0.4) is 0 Å². The standard InChI is InChI=1S/C21H22N4O/c1-26-19-9-5-8-17(24-19)18-12-14-13-23-21-16(10-11-22-21)20(14)25(18)15-6-3-2-4-7-15/h5,8-13,15H,2-4,6-7H2,1H3,(H,22,23). The van der Waals surface area contributed by atoms with Crippen molar-refractivity contribution >= 4 is 21.9 Å². The van der Waals surface area contributed by atoms with Crippen LogP contribution >= 0.6 is 0 Å². The van der Waals surface area contributed by atoms with Crippen molar-refractivity contribution in [2.24, 2.45) is 0 Å². The van der Waals surface area contributed by atoms with Gasteiger partial charge in [0.25, 0.3) is 0 Å².